The third kappa shape index (κ3) is 21.7. The van der Waals surface area contributed by atoms with Gasteiger partial charge in [0, 0.05) is 132 Å². The van der Waals surface area contributed by atoms with Crippen molar-refractivity contribution in [1.82, 2.24) is 44.3 Å². The van der Waals surface area contributed by atoms with E-state index in [1.165, 1.54) is 91.8 Å². The lowest BCUT2D eigenvalue weighted by molar-refractivity contribution is -0.146. The van der Waals surface area contributed by atoms with Gasteiger partial charge in [0.25, 0.3) is 5.92 Å². The van der Waals surface area contributed by atoms with Gasteiger partial charge < -0.3 is 17.2 Å². The first-order valence-electron chi connectivity index (χ1n) is 38.3. The first kappa shape index (κ1) is 92.3. The predicted octanol–water partition coefficient (Wildman–Crippen LogP) is 21.4. The van der Waals surface area contributed by atoms with Crippen LogP contribution in [0.25, 0.3) is 50.5 Å². The summed E-state index contributed by atoms with van der Waals surface area (Å²) < 4.78 is 280. The number of Topliss-reactive ketones (excluding diaryl/α,β-unsaturated/α-hetero) is 3. The molecule has 2 aliphatic carbocycles. The van der Waals surface area contributed by atoms with Crippen molar-refractivity contribution < 1.29 is 102 Å². The average molecular weight is 1830 g/mol. The fourth-order valence-corrected chi connectivity index (χ4v) is 16.1. The molecule has 0 bridgehead atoms. The normalized spacial score (nSPS) is 14.7. The number of ketones is 3. The topological polar surface area (TPSA) is 221 Å². The number of aromatic nitrogens is 9. The van der Waals surface area contributed by atoms with Crippen LogP contribution in [-0.4, -0.2) is 61.6 Å². The number of carbonyl (C=O) groups is 3. The van der Waals surface area contributed by atoms with Gasteiger partial charge in [-0.3, -0.25) is 43.4 Å². The Morgan fingerprint density at radius 3 is 1.16 bits per heavy atom. The third-order valence-electron chi connectivity index (χ3n) is 21.1. The molecule has 6 N–H and O–H groups in total. The number of nitrogens with zero attached hydrogens (tertiary/aromatic N) is 9. The van der Waals surface area contributed by atoms with E-state index < -0.39 is 166 Å². The van der Waals surface area contributed by atoms with E-state index >= 15 is 0 Å². The maximum Gasteiger partial charge on any atom is 0.436 e. The Morgan fingerprint density at radius 2 is 0.825 bits per heavy atom. The SMILES string of the molecule is C=C(N)c1cc(-c2ccncc2[C@@H](CC(=O)Cn2cc(Br)c(C(F)(F)F)n2)Cc2cc(F)cc(F)c2)ccc1F.C=C(N)c1cc(-c2ccncc2[C@@H](CC(=O)Cn2nc(C(F)(F)F)c3c2C2CC2C3(F)F)Cc2cc(F)cc(F)c2)ccc1F.C=C(N)c1cc(-c2ccncc2[C@@H](CC(=O)Cn2nc(C(F)(F)F)cc2CC)Cc2cc(F)cc(F)c2)ccc1F. The Labute approximate surface area is 713 Å². The lowest BCUT2D eigenvalue weighted by Gasteiger charge is -2.21. The smallest absolute Gasteiger partial charge is 0.399 e. The quantitative estimate of drug-likeness (QED) is 0.0390. The van der Waals surface area contributed by atoms with Crippen molar-refractivity contribution in [3.05, 3.63) is 338 Å². The molecule has 0 amide bonds. The summed E-state index contributed by atoms with van der Waals surface area (Å²) in [4.78, 5) is 52.4. The van der Waals surface area contributed by atoms with Crippen LogP contribution < -0.4 is 17.2 Å². The number of carbonyl (C=O) groups excluding carboxylic acids is 3. The third-order valence-corrected chi connectivity index (χ3v) is 21.7. The molecule has 1 saturated carbocycles. The second-order valence-electron chi connectivity index (χ2n) is 30.2. The number of hydrogen-bond acceptors (Lipinski definition) is 12. The van der Waals surface area contributed by atoms with Crippen LogP contribution in [0.5, 0.6) is 0 Å². The fraction of sp³-hybridized carbons (Fsp3) is 0.233. The predicted molar refractivity (Wildman–Crippen MR) is 429 cm³/mol. The van der Waals surface area contributed by atoms with Crippen LogP contribution >= 0.6 is 15.9 Å². The number of halogens is 21. The highest BCUT2D eigenvalue weighted by atomic mass is 79.9. The lowest BCUT2D eigenvalue weighted by Crippen LogP contribution is -2.20. The van der Waals surface area contributed by atoms with Crippen LogP contribution in [0.15, 0.2) is 201 Å². The van der Waals surface area contributed by atoms with Gasteiger partial charge in [0.15, 0.2) is 34.4 Å². The van der Waals surface area contributed by atoms with E-state index in [0.717, 1.165) is 64.1 Å². The maximum atomic E-state index is 14.8. The Balaban J connectivity index is 0.000000172. The van der Waals surface area contributed by atoms with Gasteiger partial charge in [-0.2, -0.15) is 54.8 Å². The van der Waals surface area contributed by atoms with E-state index in [9.17, 15) is 102 Å². The minimum absolute atomic E-state index is 0.000490. The molecular formula is C90H71BrF20N12O3. The number of hydrogen-bond donors (Lipinski definition) is 3. The number of aryl methyl sites for hydroxylation is 1. The zero-order chi connectivity index (χ0) is 91.5. The molecule has 6 heterocycles. The summed E-state index contributed by atoms with van der Waals surface area (Å²) in [7, 11) is 0. The molecule has 14 rings (SSSR count). The summed E-state index contributed by atoms with van der Waals surface area (Å²) in [5.74, 6) is -16.4. The Morgan fingerprint density at radius 1 is 0.468 bits per heavy atom. The fourth-order valence-electron chi connectivity index (χ4n) is 15.5. The highest BCUT2D eigenvalue weighted by Crippen LogP contribution is 2.68. The second-order valence-corrected chi connectivity index (χ2v) is 31.1. The maximum absolute atomic E-state index is 14.8. The van der Waals surface area contributed by atoms with Crippen LogP contribution in [0, 0.1) is 58.3 Å². The van der Waals surface area contributed by atoms with Crippen molar-refractivity contribution in [2.24, 2.45) is 23.1 Å². The zero-order valence-electron chi connectivity index (χ0n) is 65.9. The molecule has 6 aromatic carbocycles. The summed E-state index contributed by atoms with van der Waals surface area (Å²) in [5, 5.41) is 10.5. The number of rotatable bonds is 28. The van der Waals surface area contributed by atoms with Crippen molar-refractivity contribution >= 4 is 50.4 Å². The molecule has 0 saturated heterocycles. The summed E-state index contributed by atoms with van der Waals surface area (Å²) in [5.41, 5.74) is 17.3. The molecule has 36 heteroatoms. The molecule has 0 radical (unpaired) electrons. The van der Waals surface area contributed by atoms with Gasteiger partial charge in [0.2, 0.25) is 0 Å². The minimum atomic E-state index is -5.16. The van der Waals surface area contributed by atoms with Crippen molar-refractivity contribution in [1.29, 1.82) is 0 Å². The molecule has 15 nitrogen and oxygen atoms in total. The molecule has 2 unspecified atom stereocenters. The molecule has 6 aromatic heterocycles. The first-order valence-corrected chi connectivity index (χ1v) is 39.1. The Bertz CT molecular complexity index is 6130. The molecule has 0 spiro atoms. The van der Waals surface area contributed by atoms with Crippen molar-refractivity contribution in [2.75, 3.05) is 0 Å². The Hall–Kier alpha value is -12.9. The van der Waals surface area contributed by atoms with Crippen LogP contribution in [0.3, 0.4) is 0 Å². The number of fused-ring (bicyclic) bond motifs is 3. The van der Waals surface area contributed by atoms with E-state index in [-0.39, 0.29) is 118 Å². The van der Waals surface area contributed by atoms with Gasteiger partial charge in [0.05, 0.1) is 35.4 Å². The van der Waals surface area contributed by atoms with Crippen LogP contribution in [-0.2, 0) is 84.2 Å². The monoisotopic (exact) mass is 1830 g/mol. The van der Waals surface area contributed by atoms with Crippen molar-refractivity contribution in [3.8, 4) is 33.4 Å². The van der Waals surface area contributed by atoms with E-state index in [1.54, 1.807) is 25.1 Å². The van der Waals surface area contributed by atoms with Gasteiger partial charge in [-0.25, -0.2) is 48.3 Å². The van der Waals surface area contributed by atoms with E-state index in [1.807, 2.05) is 0 Å². The van der Waals surface area contributed by atoms with Gasteiger partial charge in [-0.05, 0) is 230 Å². The van der Waals surface area contributed by atoms with Gasteiger partial charge in [-0.15, -0.1) is 0 Å². The van der Waals surface area contributed by atoms with E-state index in [0.29, 0.717) is 66.9 Å². The summed E-state index contributed by atoms with van der Waals surface area (Å²) >= 11 is 2.81. The summed E-state index contributed by atoms with van der Waals surface area (Å²) in [6, 6.07) is 27.1. The lowest BCUT2D eigenvalue weighted by atomic mass is 9.84. The highest BCUT2D eigenvalue weighted by Gasteiger charge is 2.68. The number of nitrogens with two attached hydrogens (primary N) is 3. The molecule has 656 valence electrons. The summed E-state index contributed by atoms with van der Waals surface area (Å²) in [6.07, 6.45) is -5.40. The Kier molecular flexibility index (Phi) is 27.5. The van der Waals surface area contributed by atoms with Crippen molar-refractivity contribution in [2.45, 2.75) is 126 Å². The summed E-state index contributed by atoms with van der Waals surface area (Å²) in [6.45, 7) is 10.8. The van der Waals surface area contributed by atoms with Gasteiger partial charge >= 0.3 is 18.5 Å². The van der Waals surface area contributed by atoms with E-state index in [4.69, 9.17) is 17.2 Å². The van der Waals surface area contributed by atoms with E-state index in [2.05, 4.69) is 65.9 Å². The number of alkyl halides is 11. The molecule has 1 fully saturated rings. The van der Waals surface area contributed by atoms with Crippen LogP contribution in [0.2, 0.25) is 0 Å². The molecule has 5 atom stereocenters. The van der Waals surface area contributed by atoms with Crippen LogP contribution in [0.1, 0.15) is 140 Å². The highest BCUT2D eigenvalue weighted by molar-refractivity contribution is 9.10. The van der Waals surface area contributed by atoms with Gasteiger partial charge in [-0.1, -0.05) is 44.9 Å². The molecule has 12 aromatic rings. The van der Waals surface area contributed by atoms with Crippen LogP contribution in [0.4, 0.5) is 87.8 Å². The largest absolute Gasteiger partial charge is 0.436 e. The number of benzene rings is 6. The standard InChI is InChI=1S/C32H24F8N4O.C30H26F6N4O.C28H21BrF6N4O/c1-15(41)23-10-17(2-3-27(23)35)22-4-5-42-13-25(22)18(6-16-7-19(33)11-20(34)8-16)9-21(45)14-44-29-24-12-26(24)31(36,37)28(29)30(43-44)32(38,39)40;1-3-23-14-29(30(34,35)36)39-40(23)16-24(41)11-20(8-18-9-21(31)13-22(32)10-18)27-15-38-7-6-25(27)19-4-5-28(33)26(12-19)17(2)37;1-15(36)23-10-17(2-3-26(23)32)22-4-5-37-12-24(22)18(6-16-7-19(30)11-20(31)8-16)9-21(40)13-39-14-25(29)27(38-39)28(33,34)35/h2-5,7-8,10-11,13,18,24,26H,1,6,9,12,14,41H2;4-7,9-10,12-15,20H,2-3,8,11,16,37H2,1H3;2-5,7-8,10-12,14,18H,1,6,9,13,36H2/t18-,24?,26?;20-;18-/m111/s1. The number of pyridine rings is 3. The zero-order valence-corrected chi connectivity index (χ0v) is 67.5. The molecular weight excluding hydrogens is 1760 g/mol. The van der Waals surface area contributed by atoms with Crippen molar-refractivity contribution in [3.63, 3.8) is 0 Å². The first-order chi connectivity index (χ1) is 59.3. The van der Waals surface area contributed by atoms with Gasteiger partial charge in [0.1, 0.15) is 52.4 Å². The second kappa shape index (κ2) is 37.5. The minimum Gasteiger partial charge on any atom is -0.399 e. The average Bonchev–Trinajstić information content (AvgIpc) is 1.51. The molecule has 126 heavy (non-hydrogen) atoms. The molecule has 2 aliphatic rings. The molecule has 0 aliphatic heterocycles.